The minimum absolute atomic E-state index is 0.0241. The average molecular weight is 296 g/mol. The van der Waals surface area contributed by atoms with E-state index < -0.39 is 22.5 Å². The predicted molar refractivity (Wildman–Crippen MR) is 64.9 cm³/mol. The lowest BCUT2D eigenvalue weighted by Crippen LogP contribution is -2.37. The highest BCUT2D eigenvalue weighted by Gasteiger charge is 2.30. The van der Waals surface area contributed by atoms with Crippen molar-refractivity contribution in [3.63, 3.8) is 0 Å². The standard InChI is InChI=1S/C9H14ClN3O4S/c1-3-4-13(6-8(14)15)18(16,17)9-7(10)5-11-12(9)2/h5H,3-4,6H2,1-2H3,(H,14,15). The van der Waals surface area contributed by atoms with Crippen LogP contribution >= 0.6 is 11.6 Å². The molecule has 1 N–H and O–H groups in total. The normalized spacial score (nSPS) is 12.0. The first kappa shape index (κ1) is 14.9. The number of nitrogens with zero attached hydrogens (tertiary/aromatic N) is 3. The molecule has 9 heteroatoms. The van der Waals surface area contributed by atoms with Gasteiger partial charge in [-0.25, -0.2) is 8.42 Å². The quantitative estimate of drug-likeness (QED) is 0.828. The zero-order valence-electron chi connectivity index (χ0n) is 10.00. The van der Waals surface area contributed by atoms with Gasteiger partial charge in [0.2, 0.25) is 0 Å². The van der Waals surface area contributed by atoms with E-state index in [0.717, 1.165) is 8.99 Å². The molecule has 1 heterocycles. The van der Waals surface area contributed by atoms with Gasteiger partial charge in [-0.15, -0.1) is 0 Å². The largest absolute Gasteiger partial charge is 0.480 e. The molecule has 0 amide bonds. The zero-order chi connectivity index (χ0) is 13.9. The third-order valence-electron chi connectivity index (χ3n) is 2.21. The monoisotopic (exact) mass is 295 g/mol. The van der Waals surface area contributed by atoms with Gasteiger partial charge in [0, 0.05) is 13.6 Å². The molecule has 0 saturated carbocycles. The Balaban J connectivity index is 3.21. The summed E-state index contributed by atoms with van der Waals surface area (Å²) in [6.45, 7) is 1.27. The molecule has 1 aromatic rings. The molecular weight excluding hydrogens is 282 g/mol. The van der Waals surface area contributed by atoms with E-state index >= 15 is 0 Å². The van der Waals surface area contributed by atoms with E-state index in [1.807, 2.05) is 0 Å². The first-order valence-electron chi connectivity index (χ1n) is 5.20. The number of carbonyl (C=O) groups is 1. The van der Waals surface area contributed by atoms with E-state index in [1.54, 1.807) is 6.92 Å². The van der Waals surface area contributed by atoms with Crippen LogP contribution in [0.25, 0.3) is 0 Å². The average Bonchev–Trinajstić information content (AvgIpc) is 2.57. The molecule has 0 aromatic carbocycles. The molecule has 0 radical (unpaired) electrons. The van der Waals surface area contributed by atoms with Gasteiger partial charge in [0.15, 0.2) is 5.03 Å². The van der Waals surface area contributed by atoms with Gasteiger partial charge in [0.25, 0.3) is 10.0 Å². The van der Waals surface area contributed by atoms with E-state index in [2.05, 4.69) is 5.10 Å². The molecule has 0 spiro atoms. The first-order chi connectivity index (χ1) is 8.30. The molecule has 102 valence electrons. The molecule has 0 fully saturated rings. The van der Waals surface area contributed by atoms with Crippen LogP contribution in [0.5, 0.6) is 0 Å². The minimum Gasteiger partial charge on any atom is -0.480 e. The Labute approximate surface area is 110 Å². The molecule has 0 bridgehead atoms. The summed E-state index contributed by atoms with van der Waals surface area (Å²) in [6.07, 6.45) is 1.71. The van der Waals surface area contributed by atoms with Crippen LogP contribution in [0.1, 0.15) is 13.3 Å². The number of rotatable bonds is 6. The molecule has 1 aromatic heterocycles. The number of aromatic nitrogens is 2. The fraction of sp³-hybridized carbons (Fsp3) is 0.556. The number of aryl methyl sites for hydroxylation is 1. The van der Waals surface area contributed by atoms with Crippen molar-refractivity contribution in [2.75, 3.05) is 13.1 Å². The minimum atomic E-state index is -3.96. The highest BCUT2D eigenvalue weighted by atomic mass is 35.5. The highest BCUT2D eigenvalue weighted by Crippen LogP contribution is 2.23. The molecular formula is C9H14ClN3O4S. The van der Waals surface area contributed by atoms with Crippen LogP contribution < -0.4 is 0 Å². The summed E-state index contributed by atoms with van der Waals surface area (Å²) in [6, 6.07) is 0. The maximum Gasteiger partial charge on any atom is 0.318 e. The lowest BCUT2D eigenvalue weighted by Gasteiger charge is -2.19. The maximum atomic E-state index is 12.3. The zero-order valence-corrected chi connectivity index (χ0v) is 11.6. The van der Waals surface area contributed by atoms with Crippen LogP contribution in [0.2, 0.25) is 5.02 Å². The number of aliphatic carboxylic acids is 1. The van der Waals surface area contributed by atoms with Crippen molar-refractivity contribution in [2.24, 2.45) is 7.05 Å². The van der Waals surface area contributed by atoms with Gasteiger partial charge >= 0.3 is 5.97 Å². The Kier molecular flexibility index (Phi) is 4.71. The van der Waals surface area contributed by atoms with Crippen LogP contribution in [0.3, 0.4) is 0 Å². The van der Waals surface area contributed by atoms with Crippen LogP contribution in [-0.2, 0) is 21.9 Å². The molecule has 0 unspecified atom stereocenters. The summed E-state index contributed by atoms with van der Waals surface area (Å²) in [5.41, 5.74) is 0. The third-order valence-corrected chi connectivity index (χ3v) is 4.56. The van der Waals surface area contributed by atoms with Crippen molar-refractivity contribution in [1.29, 1.82) is 0 Å². The van der Waals surface area contributed by atoms with Crippen molar-refractivity contribution in [3.8, 4) is 0 Å². The number of hydrogen-bond acceptors (Lipinski definition) is 4. The van der Waals surface area contributed by atoms with Gasteiger partial charge in [-0.1, -0.05) is 18.5 Å². The van der Waals surface area contributed by atoms with Crippen molar-refractivity contribution in [2.45, 2.75) is 18.4 Å². The topological polar surface area (TPSA) is 92.5 Å². The van der Waals surface area contributed by atoms with Gasteiger partial charge < -0.3 is 5.11 Å². The first-order valence-corrected chi connectivity index (χ1v) is 7.02. The molecule has 0 saturated heterocycles. The molecule has 1 rings (SSSR count). The number of carboxylic acids is 1. The van der Waals surface area contributed by atoms with Crippen LogP contribution in [0.15, 0.2) is 11.2 Å². The second kappa shape index (κ2) is 5.68. The number of carboxylic acid groups (broad SMARTS) is 1. The molecule has 0 aliphatic carbocycles. The molecule has 18 heavy (non-hydrogen) atoms. The van der Waals surface area contributed by atoms with Crippen LogP contribution in [0.4, 0.5) is 0 Å². The molecule has 7 nitrogen and oxygen atoms in total. The molecule has 0 aliphatic heterocycles. The smallest absolute Gasteiger partial charge is 0.318 e. The van der Waals surface area contributed by atoms with Crippen molar-refractivity contribution in [1.82, 2.24) is 14.1 Å². The third kappa shape index (κ3) is 3.01. The summed E-state index contributed by atoms with van der Waals surface area (Å²) in [4.78, 5) is 10.7. The van der Waals surface area contributed by atoms with E-state index in [9.17, 15) is 13.2 Å². The molecule has 0 atom stereocenters. The van der Waals surface area contributed by atoms with E-state index in [1.165, 1.54) is 13.2 Å². The summed E-state index contributed by atoms with van der Waals surface area (Å²) in [7, 11) is -2.52. The number of sulfonamides is 1. The van der Waals surface area contributed by atoms with Gasteiger partial charge in [-0.05, 0) is 6.42 Å². The van der Waals surface area contributed by atoms with Gasteiger partial charge in [-0.3, -0.25) is 9.48 Å². The predicted octanol–water partition coefficient (Wildman–Crippen LogP) is 0.559. The fourth-order valence-corrected chi connectivity index (χ4v) is 3.58. The Morgan fingerprint density at radius 2 is 2.22 bits per heavy atom. The van der Waals surface area contributed by atoms with Gasteiger partial charge in [-0.2, -0.15) is 9.40 Å². The van der Waals surface area contributed by atoms with Crippen molar-refractivity contribution >= 4 is 27.6 Å². The molecule has 0 aliphatic rings. The van der Waals surface area contributed by atoms with E-state index in [0.29, 0.717) is 6.42 Å². The summed E-state index contributed by atoms with van der Waals surface area (Å²) in [5, 5.41) is 12.3. The Morgan fingerprint density at radius 1 is 1.61 bits per heavy atom. The number of hydrogen-bond donors (Lipinski definition) is 1. The van der Waals surface area contributed by atoms with E-state index in [4.69, 9.17) is 16.7 Å². The van der Waals surface area contributed by atoms with Gasteiger partial charge in [0.05, 0.1) is 11.2 Å². The highest BCUT2D eigenvalue weighted by molar-refractivity contribution is 7.89. The van der Waals surface area contributed by atoms with Crippen LogP contribution in [-0.4, -0.2) is 46.7 Å². The summed E-state index contributed by atoms with van der Waals surface area (Å²) >= 11 is 5.77. The SMILES string of the molecule is CCCN(CC(=O)O)S(=O)(=O)c1c(Cl)cnn1C. The number of halogens is 1. The van der Waals surface area contributed by atoms with Gasteiger partial charge in [0.1, 0.15) is 6.54 Å². The second-order valence-electron chi connectivity index (χ2n) is 3.65. The summed E-state index contributed by atoms with van der Waals surface area (Å²) in [5.74, 6) is -1.22. The lowest BCUT2D eigenvalue weighted by atomic mass is 10.5. The van der Waals surface area contributed by atoms with E-state index in [-0.39, 0.29) is 16.6 Å². The fourth-order valence-electron chi connectivity index (χ4n) is 1.50. The summed E-state index contributed by atoms with van der Waals surface area (Å²) < 4.78 is 26.5. The Bertz CT molecular complexity index is 521. The van der Waals surface area contributed by atoms with Crippen molar-refractivity contribution in [3.05, 3.63) is 11.2 Å². The van der Waals surface area contributed by atoms with Crippen molar-refractivity contribution < 1.29 is 18.3 Å². The lowest BCUT2D eigenvalue weighted by molar-refractivity contribution is -0.137. The Hall–Kier alpha value is -1.12. The Morgan fingerprint density at radius 3 is 2.61 bits per heavy atom. The van der Waals surface area contributed by atoms with Crippen LogP contribution in [0, 0.1) is 0 Å². The maximum absolute atomic E-state index is 12.3. The second-order valence-corrected chi connectivity index (χ2v) is 5.91.